The van der Waals surface area contributed by atoms with Crippen molar-refractivity contribution in [2.45, 2.75) is 38.7 Å². The zero-order valence-electron chi connectivity index (χ0n) is 21.6. The number of anilines is 1. The number of nitrogen functional groups attached to an aromatic ring is 1. The van der Waals surface area contributed by atoms with Crippen molar-refractivity contribution in [3.63, 3.8) is 0 Å². The van der Waals surface area contributed by atoms with Gasteiger partial charge in [0.25, 0.3) is 5.91 Å². The van der Waals surface area contributed by atoms with Crippen molar-refractivity contribution in [1.82, 2.24) is 24.5 Å². The minimum absolute atomic E-state index is 0.0578. The summed E-state index contributed by atoms with van der Waals surface area (Å²) in [4.78, 5) is 36.1. The van der Waals surface area contributed by atoms with Crippen molar-refractivity contribution in [1.29, 1.82) is 0 Å². The molecule has 4 heterocycles. The number of ether oxygens (including phenoxy) is 1. The molecular formula is C28H30N6O4. The number of rotatable bonds is 6. The Morgan fingerprint density at radius 1 is 1.08 bits per heavy atom. The van der Waals surface area contributed by atoms with E-state index in [4.69, 9.17) is 15.5 Å². The number of Topliss-reactive ketones (excluding diaryl/α,β-unsaturated/α-hetero) is 1. The van der Waals surface area contributed by atoms with Crippen LogP contribution in [-0.2, 0) is 4.79 Å². The predicted octanol–water partition coefficient (Wildman–Crippen LogP) is 3.34. The van der Waals surface area contributed by atoms with Crippen molar-refractivity contribution < 1.29 is 19.4 Å². The Kier molecular flexibility index (Phi) is 6.81. The van der Waals surface area contributed by atoms with Crippen molar-refractivity contribution >= 4 is 23.2 Å². The van der Waals surface area contributed by atoms with Gasteiger partial charge in [0, 0.05) is 41.9 Å². The quantitative estimate of drug-likeness (QED) is 0.374. The van der Waals surface area contributed by atoms with Crippen LogP contribution < -0.4 is 10.5 Å². The van der Waals surface area contributed by atoms with Crippen LogP contribution in [0.3, 0.4) is 0 Å². The molecule has 1 aromatic carbocycles. The van der Waals surface area contributed by atoms with Gasteiger partial charge >= 0.3 is 0 Å². The third-order valence-corrected chi connectivity index (χ3v) is 7.07. The fourth-order valence-electron chi connectivity index (χ4n) is 5.02. The lowest BCUT2D eigenvalue weighted by Gasteiger charge is -2.33. The highest BCUT2D eigenvalue weighted by Gasteiger charge is 2.31. The van der Waals surface area contributed by atoms with Crippen LogP contribution in [-0.4, -0.2) is 67.6 Å². The first-order valence-electron chi connectivity index (χ1n) is 12.5. The van der Waals surface area contributed by atoms with E-state index in [1.54, 1.807) is 24.4 Å². The van der Waals surface area contributed by atoms with Gasteiger partial charge in [-0.15, -0.1) is 0 Å². The average molecular weight is 515 g/mol. The van der Waals surface area contributed by atoms with Crippen molar-refractivity contribution in [2.75, 3.05) is 25.9 Å². The molecular weight excluding hydrogens is 484 g/mol. The van der Waals surface area contributed by atoms with E-state index in [0.717, 1.165) is 28.1 Å². The van der Waals surface area contributed by atoms with Gasteiger partial charge in [0.15, 0.2) is 11.4 Å². The topological polar surface area (TPSA) is 136 Å². The summed E-state index contributed by atoms with van der Waals surface area (Å²) in [5.74, 6) is 0.492. The van der Waals surface area contributed by atoms with Gasteiger partial charge in [0.1, 0.15) is 17.7 Å². The molecule has 0 aliphatic carbocycles. The van der Waals surface area contributed by atoms with Gasteiger partial charge in [0.05, 0.1) is 30.3 Å². The molecule has 0 radical (unpaired) electrons. The highest BCUT2D eigenvalue weighted by atomic mass is 16.5. The van der Waals surface area contributed by atoms with E-state index in [1.807, 2.05) is 36.4 Å². The van der Waals surface area contributed by atoms with E-state index >= 15 is 0 Å². The van der Waals surface area contributed by atoms with E-state index < -0.39 is 6.10 Å². The molecule has 3 aromatic heterocycles. The highest BCUT2D eigenvalue weighted by molar-refractivity contribution is 6.00. The second kappa shape index (κ2) is 10.2. The number of carbonyl (C=O) groups is 2. The van der Waals surface area contributed by atoms with Crippen LogP contribution in [0.5, 0.6) is 5.75 Å². The number of aromatic nitrogens is 4. The third-order valence-electron chi connectivity index (χ3n) is 7.07. The molecule has 1 fully saturated rings. The molecule has 10 heteroatoms. The molecule has 0 unspecified atom stereocenters. The lowest BCUT2D eigenvalue weighted by atomic mass is 9.89. The maximum absolute atomic E-state index is 12.6. The number of nitrogens with two attached hydrogens (primary N) is 1. The largest absolute Gasteiger partial charge is 0.497 e. The first kappa shape index (κ1) is 25.3. The molecule has 1 aliphatic rings. The summed E-state index contributed by atoms with van der Waals surface area (Å²) in [7, 11) is 1.63. The van der Waals surface area contributed by atoms with Gasteiger partial charge in [-0.3, -0.25) is 14.6 Å². The molecule has 1 saturated heterocycles. The molecule has 10 nitrogen and oxygen atoms in total. The number of carbonyl (C=O) groups excluding carboxylic acids is 2. The van der Waals surface area contributed by atoms with Gasteiger partial charge in [0.2, 0.25) is 0 Å². The molecule has 38 heavy (non-hydrogen) atoms. The van der Waals surface area contributed by atoms with E-state index in [1.165, 1.54) is 18.4 Å². The number of aliphatic hydroxyl groups is 1. The smallest absolute Gasteiger partial charge is 0.251 e. The average Bonchev–Trinajstić information content (AvgIpc) is 3.37. The molecule has 0 spiro atoms. The standard InChI is InChI=1S/C28H30N6O4/c1-16(35)24-25(19-10-12-33(13-11-19)28(37)17(2)36)32-27-22(15-31-34(27)26(24)29)20-6-9-23(30-14-20)18-4-7-21(38-3)8-5-18/h4-9,14-15,17,19,36H,10-13,29H2,1-3H3/t17-/m1/s1. The number of likely N-dealkylation sites (tertiary alicyclic amines) is 1. The number of ketones is 1. The second-order valence-electron chi connectivity index (χ2n) is 9.54. The van der Waals surface area contributed by atoms with Crippen LogP contribution in [0.25, 0.3) is 28.0 Å². The minimum Gasteiger partial charge on any atom is -0.497 e. The SMILES string of the molecule is COc1ccc(-c2ccc(-c3cnn4c(N)c(C(C)=O)c(C5CCN(C(=O)[C@@H](C)O)CC5)nc34)cn2)cc1. The number of piperidine rings is 1. The minimum atomic E-state index is -1.04. The molecule has 1 amide bonds. The van der Waals surface area contributed by atoms with Crippen LogP contribution in [0.1, 0.15) is 48.7 Å². The zero-order valence-corrected chi connectivity index (χ0v) is 21.6. The van der Waals surface area contributed by atoms with Gasteiger partial charge in [-0.1, -0.05) is 6.07 Å². The molecule has 3 N–H and O–H groups in total. The van der Waals surface area contributed by atoms with Gasteiger partial charge in [-0.2, -0.15) is 9.61 Å². The fourth-order valence-corrected chi connectivity index (χ4v) is 5.02. The van der Waals surface area contributed by atoms with Crippen molar-refractivity contribution in [3.05, 3.63) is 60.0 Å². The molecule has 4 aromatic rings. The Labute approximate surface area is 220 Å². The first-order valence-corrected chi connectivity index (χ1v) is 12.5. The molecule has 5 rings (SSSR count). The predicted molar refractivity (Wildman–Crippen MR) is 143 cm³/mol. The summed E-state index contributed by atoms with van der Waals surface area (Å²) in [5.41, 5.74) is 11.4. The Hall–Kier alpha value is -4.31. The number of aliphatic hydroxyl groups excluding tert-OH is 1. The summed E-state index contributed by atoms with van der Waals surface area (Å²) in [6.45, 7) is 3.89. The summed E-state index contributed by atoms with van der Waals surface area (Å²) >= 11 is 0. The Morgan fingerprint density at radius 3 is 2.34 bits per heavy atom. The van der Waals surface area contributed by atoms with E-state index in [9.17, 15) is 14.7 Å². The van der Waals surface area contributed by atoms with Crippen LogP contribution in [0.2, 0.25) is 0 Å². The van der Waals surface area contributed by atoms with Crippen molar-refractivity contribution in [3.8, 4) is 28.1 Å². The van der Waals surface area contributed by atoms with Gasteiger partial charge in [-0.05, 0) is 57.0 Å². The molecule has 196 valence electrons. The highest BCUT2D eigenvalue weighted by Crippen LogP contribution is 2.35. The Bertz CT molecular complexity index is 1490. The molecule has 1 atom stereocenters. The summed E-state index contributed by atoms with van der Waals surface area (Å²) < 4.78 is 6.73. The summed E-state index contributed by atoms with van der Waals surface area (Å²) in [6, 6.07) is 11.6. The van der Waals surface area contributed by atoms with Crippen LogP contribution in [0, 0.1) is 0 Å². The van der Waals surface area contributed by atoms with Crippen LogP contribution >= 0.6 is 0 Å². The number of hydrogen-bond acceptors (Lipinski definition) is 8. The summed E-state index contributed by atoms with van der Waals surface area (Å²) in [6.07, 6.45) is 3.64. The number of pyridine rings is 1. The third kappa shape index (κ3) is 4.58. The van der Waals surface area contributed by atoms with Gasteiger partial charge in [-0.25, -0.2) is 4.98 Å². The number of methoxy groups -OCH3 is 1. The van der Waals surface area contributed by atoms with E-state index in [2.05, 4.69) is 10.1 Å². The van der Waals surface area contributed by atoms with E-state index in [0.29, 0.717) is 42.8 Å². The number of fused-ring (bicyclic) bond motifs is 1. The van der Waals surface area contributed by atoms with Crippen molar-refractivity contribution in [2.24, 2.45) is 0 Å². The maximum atomic E-state index is 12.6. The number of hydrogen-bond donors (Lipinski definition) is 2. The normalized spacial score (nSPS) is 15.0. The summed E-state index contributed by atoms with van der Waals surface area (Å²) in [5, 5.41) is 14.1. The lowest BCUT2D eigenvalue weighted by Crippen LogP contribution is -2.42. The van der Waals surface area contributed by atoms with E-state index in [-0.39, 0.29) is 23.4 Å². The number of nitrogens with zero attached hydrogens (tertiary/aromatic N) is 5. The van der Waals surface area contributed by atoms with Crippen LogP contribution in [0.15, 0.2) is 48.8 Å². The number of amides is 1. The molecule has 0 saturated carbocycles. The number of benzene rings is 1. The first-order chi connectivity index (χ1) is 18.3. The van der Waals surface area contributed by atoms with Gasteiger partial charge < -0.3 is 20.5 Å². The second-order valence-corrected chi connectivity index (χ2v) is 9.54. The molecule has 1 aliphatic heterocycles. The fraction of sp³-hybridized carbons (Fsp3) is 0.321. The van der Waals surface area contributed by atoms with Crippen LogP contribution in [0.4, 0.5) is 5.82 Å². The Balaban J connectivity index is 1.49. The molecule has 0 bridgehead atoms. The zero-order chi connectivity index (χ0) is 27.0. The monoisotopic (exact) mass is 514 g/mol. The lowest BCUT2D eigenvalue weighted by molar-refractivity contribution is -0.140. The maximum Gasteiger partial charge on any atom is 0.251 e. The Morgan fingerprint density at radius 2 is 1.76 bits per heavy atom.